The average molecular weight is 286 g/mol. The van der Waals surface area contributed by atoms with E-state index in [2.05, 4.69) is 5.32 Å². The lowest BCUT2D eigenvalue weighted by Crippen LogP contribution is -2.25. The Labute approximate surface area is 123 Å². The molecule has 0 bridgehead atoms. The highest BCUT2D eigenvalue weighted by Crippen LogP contribution is 2.24. The van der Waals surface area contributed by atoms with Gasteiger partial charge >= 0.3 is 0 Å². The molecular weight excluding hydrogens is 268 g/mol. The first-order chi connectivity index (χ1) is 10.1. The summed E-state index contributed by atoms with van der Waals surface area (Å²) in [6.45, 7) is 0.459. The van der Waals surface area contributed by atoms with Gasteiger partial charge in [-0.1, -0.05) is 18.2 Å². The van der Waals surface area contributed by atoms with Crippen LogP contribution in [0, 0.1) is 0 Å². The Morgan fingerprint density at radius 3 is 2.81 bits per heavy atom. The number of rotatable bonds is 5. The molecule has 0 aliphatic carbocycles. The number of carbonyl (C=O) groups excluding carboxylic acids is 1. The van der Waals surface area contributed by atoms with Crippen molar-refractivity contribution in [2.24, 2.45) is 0 Å². The van der Waals surface area contributed by atoms with Crippen molar-refractivity contribution in [1.29, 1.82) is 0 Å². The van der Waals surface area contributed by atoms with Gasteiger partial charge in [0, 0.05) is 6.54 Å². The number of phenolic OH excluding ortho intramolecular Hbond substituents is 1. The first kappa shape index (κ1) is 14.7. The minimum absolute atomic E-state index is 0.181. The lowest BCUT2D eigenvalue weighted by Gasteiger charge is -2.09. The van der Waals surface area contributed by atoms with Crippen molar-refractivity contribution in [2.75, 3.05) is 19.4 Å². The van der Waals surface area contributed by atoms with Gasteiger partial charge in [-0.25, -0.2) is 0 Å². The molecule has 0 fully saturated rings. The highest BCUT2D eigenvalue weighted by atomic mass is 16.5. The van der Waals surface area contributed by atoms with E-state index in [1.54, 1.807) is 19.2 Å². The van der Waals surface area contributed by atoms with Crippen molar-refractivity contribution in [3.8, 4) is 11.5 Å². The molecule has 0 aliphatic heterocycles. The number of methoxy groups -OCH3 is 1. The van der Waals surface area contributed by atoms with E-state index >= 15 is 0 Å². The Bertz CT molecular complexity index is 641. The molecule has 2 aromatic rings. The lowest BCUT2D eigenvalue weighted by molar-refractivity contribution is 0.0951. The smallest absolute Gasteiger partial charge is 0.255 e. The summed E-state index contributed by atoms with van der Waals surface area (Å²) in [4.78, 5) is 12.0. The van der Waals surface area contributed by atoms with Gasteiger partial charge in [0.05, 0.1) is 18.4 Å². The van der Waals surface area contributed by atoms with Crippen LogP contribution in [-0.2, 0) is 6.42 Å². The van der Waals surface area contributed by atoms with Crippen LogP contribution < -0.4 is 15.8 Å². The van der Waals surface area contributed by atoms with E-state index in [1.165, 1.54) is 6.07 Å². The number of amides is 1. The van der Waals surface area contributed by atoms with E-state index in [9.17, 15) is 9.90 Å². The van der Waals surface area contributed by atoms with Crippen LogP contribution in [0.15, 0.2) is 42.5 Å². The monoisotopic (exact) mass is 286 g/mol. The van der Waals surface area contributed by atoms with Crippen LogP contribution in [0.2, 0.25) is 0 Å². The summed E-state index contributed by atoms with van der Waals surface area (Å²) >= 11 is 0. The number of benzene rings is 2. The number of nitrogens with two attached hydrogens (primary N) is 1. The van der Waals surface area contributed by atoms with E-state index < -0.39 is 0 Å². The number of ether oxygens (including phenoxy) is 1. The summed E-state index contributed by atoms with van der Waals surface area (Å²) in [6.07, 6.45) is 0.673. The van der Waals surface area contributed by atoms with Gasteiger partial charge in [0.25, 0.3) is 5.91 Å². The Kier molecular flexibility index (Phi) is 4.66. The molecule has 1 amide bonds. The predicted octanol–water partition coefficient (Wildman–Crippen LogP) is 1.96. The Balaban J connectivity index is 1.94. The van der Waals surface area contributed by atoms with Crippen LogP contribution in [-0.4, -0.2) is 24.7 Å². The Morgan fingerprint density at radius 2 is 2.05 bits per heavy atom. The highest BCUT2D eigenvalue weighted by Gasteiger charge is 2.12. The molecular formula is C16H18N2O3. The van der Waals surface area contributed by atoms with E-state index in [4.69, 9.17) is 10.5 Å². The van der Waals surface area contributed by atoms with E-state index in [0.29, 0.717) is 13.0 Å². The first-order valence-electron chi connectivity index (χ1n) is 6.60. The second-order valence-electron chi connectivity index (χ2n) is 4.60. The van der Waals surface area contributed by atoms with Crippen molar-refractivity contribution >= 4 is 11.6 Å². The molecule has 5 nitrogen and oxygen atoms in total. The summed E-state index contributed by atoms with van der Waals surface area (Å²) in [5.41, 5.74) is 7.00. The molecule has 4 N–H and O–H groups in total. The summed E-state index contributed by atoms with van der Waals surface area (Å²) in [5.74, 6) is 0.256. The lowest BCUT2D eigenvalue weighted by atomic mass is 10.1. The molecule has 0 radical (unpaired) electrons. The number of anilines is 1. The van der Waals surface area contributed by atoms with Gasteiger partial charge in [-0.05, 0) is 36.2 Å². The van der Waals surface area contributed by atoms with Gasteiger partial charge in [-0.2, -0.15) is 0 Å². The maximum Gasteiger partial charge on any atom is 0.255 e. The zero-order valence-electron chi connectivity index (χ0n) is 11.8. The molecule has 0 spiro atoms. The van der Waals surface area contributed by atoms with Gasteiger partial charge < -0.3 is 20.9 Å². The van der Waals surface area contributed by atoms with Crippen molar-refractivity contribution < 1.29 is 14.6 Å². The maximum absolute atomic E-state index is 12.0. The second-order valence-corrected chi connectivity index (χ2v) is 4.60. The first-order valence-corrected chi connectivity index (χ1v) is 6.60. The molecule has 110 valence electrons. The standard InChI is InChI=1S/C16H18N2O3/c1-21-12-5-2-4-11(10-12)8-9-18-16(20)13-6-3-7-14(17)15(13)19/h2-7,10,19H,8-9,17H2,1H3,(H,18,20). The van der Waals surface area contributed by atoms with Gasteiger partial charge in [0.15, 0.2) is 5.75 Å². The summed E-state index contributed by atoms with van der Waals surface area (Å²) in [5, 5.41) is 12.5. The van der Waals surface area contributed by atoms with Crippen LogP contribution >= 0.6 is 0 Å². The minimum Gasteiger partial charge on any atom is -0.505 e. The van der Waals surface area contributed by atoms with E-state index in [1.807, 2.05) is 24.3 Å². The van der Waals surface area contributed by atoms with Gasteiger partial charge in [-0.3, -0.25) is 4.79 Å². The molecule has 2 rings (SSSR count). The van der Waals surface area contributed by atoms with Crippen molar-refractivity contribution in [1.82, 2.24) is 5.32 Å². The van der Waals surface area contributed by atoms with Gasteiger partial charge in [0.2, 0.25) is 0 Å². The number of nitrogen functional groups attached to an aromatic ring is 1. The Hall–Kier alpha value is -2.69. The van der Waals surface area contributed by atoms with Crippen molar-refractivity contribution in [3.05, 3.63) is 53.6 Å². The number of phenols is 1. The number of nitrogens with one attached hydrogen (secondary N) is 1. The number of hydrogen-bond donors (Lipinski definition) is 3. The minimum atomic E-state index is -0.345. The number of carbonyl (C=O) groups is 1. The second kappa shape index (κ2) is 6.65. The molecule has 21 heavy (non-hydrogen) atoms. The topological polar surface area (TPSA) is 84.6 Å². The van der Waals surface area contributed by atoms with Gasteiger partial charge in [0.1, 0.15) is 5.75 Å². The third-order valence-electron chi connectivity index (χ3n) is 3.15. The maximum atomic E-state index is 12.0. The quantitative estimate of drug-likeness (QED) is 0.579. The molecule has 0 heterocycles. The van der Waals surface area contributed by atoms with Crippen LogP contribution in [0.5, 0.6) is 11.5 Å². The molecule has 0 atom stereocenters. The Morgan fingerprint density at radius 1 is 1.29 bits per heavy atom. The van der Waals surface area contributed by atoms with Crippen LogP contribution in [0.3, 0.4) is 0 Å². The molecule has 5 heteroatoms. The molecule has 0 aromatic heterocycles. The summed E-state index contributed by atoms with van der Waals surface area (Å²) < 4.78 is 5.15. The zero-order chi connectivity index (χ0) is 15.2. The number of hydrogen-bond acceptors (Lipinski definition) is 4. The third-order valence-corrected chi connectivity index (χ3v) is 3.15. The van der Waals surface area contributed by atoms with E-state index in [-0.39, 0.29) is 22.9 Å². The fraction of sp³-hybridized carbons (Fsp3) is 0.188. The van der Waals surface area contributed by atoms with Crippen molar-refractivity contribution in [2.45, 2.75) is 6.42 Å². The predicted molar refractivity (Wildman–Crippen MR) is 81.6 cm³/mol. The van der Waals surface area contributed by atoms with Crippen LogP contribution in [0.1, 0.15) is 15.9 Å². The zero-order valence-corrected chi connectivity index (χ0v) is 11.8. The number of aromatic hydroxyl groups is 1. The molecule has 0 aliphatic rings. The molecule has 2 aromatic carbocycles. The van der Waals surface area contributed by atoms with Gasteiger partial charge in [-0.15, -0.1) is 0 Å². The molecule has 0 unspecified atom stereocenters. The number of para-hydroxylation sites is 1. The average Bonchev–Trinajstić information content (AvgIpc) is 2.50. The largest absolute Gasteiger partial charge is 0.505 e. The SMILES string of the molecule is COc1cccc(CCNC(=O)c2cccc(N)c2O)c1. The third kappa shape index (κ3) is 3.66. The normalized spacial score (nSPS) is 10.1. The molecule has 0 saturated heterocycles. The fourth-order valence-electron chi connectivity index (χ4n) is 1.99. The summed E-state index contributed by atoms with van der Waals surface area (Å²) in [6, 6.07) is 12.4. The molecule has 0 saturated carbocycles. The fourth-order valence-corrected chi connectivity index (χ4v) is 1.99. The van der Waals surface area contributed by atoms with Crippen molar-refractivity contribution in [3.63, 3.8) is 0 Å². The van der Waals surface area contributed by atoms with Crippen LogP contribution in [0.25, 0.3) is 0 Å². The summed E-state index contributed by atoms with van der Waals surface area (Å²) in [7, 11) is 1.61. The highest BCUT2D eigenvalue weighted by molar-refractivity contribution is 5.98. The van der Waals surface area contributed by atoms with E-state index in [0.717, 1.165) is 11.3 Å². The van der Waals surface area contributed by atoms with Crippen LogP contribution in [0.4, 0.5) is 5.69 Å².